The van der Waals surface area contributed by atoms with Crippen LogP contribution in [0.1, 0.15) is 6.42 Å². The molecule has 0 saturated carbocycles. The molecule has 2 heterocycles. The summed E-state index contributed by atoms with van der Waals surface area (Å²) in [6, 6.07) is 0. The van der Waals surface area contributed by atoms with Crippen LogP contribution in [0.2, 0.25) is 0 Å². The van der Waals surface area contributed by atoms with E-state index < -0.39 is 10.2 Å². The molecule has 2 fully saturated rings. The second-order valence-corrected chi connectivity index (χ2v) is 5.17. The number of hydrogen-bond donors (Lipinski definition) is 1. The van der Waals surface area contributed by atoms with Gasteiger partial charge < -0.3 is 4.74 Å². The normalized spacial score (nSPS) is 29.1. The van der Waals surface area contributed by atoms with Crippen LogP contribution in [0.15, 0.2) is 0 Å². The van der Waals surface area contributed by atoms with Crippen LogP contribution in [0.5, 0.6) is 0 Å². The van der Waals surface area contributed by atoms with Crippen LogP contribution >= 0.6 is 0 Å². The van der Waals surface area contributed by atoms with Crippen molar-refractivity contribution in [1.82, 2.24) is 4.31 Å². The lowest BCUT2D eigenvalue weighted by Crippen LogP contribution is -2.46. The summed E-state index contributed by atoms with van der Waals surface area (Å²) >= 11 is 0. The van der Waals surface area contributed by atoms with Crippen LogP contribution in [0.25, 0.3) is 0 Å². The molecule has 70 valence electrons. The molecule has 2 rings (SSSR count). The van der Waals surface area contributed by atoms with Gasteiger partial charge in [-0.25, -0.2) is 5.14 Å². The fourth-order valence-electron chi connectivity index (χ4n) is 1.74. The Hall–Kier alpha value is -0.170. The molecule has 0 unspecified atom stereocenters. The van der Waals surface area contributed by atoms with Crippen LogP contribution in [0.3, 0.4) is 0 Å². The van der Waals surface area contributed by atoms with Gasteiger partial charge in [0.05, 0.1) is 13.2 Å². The molecule has 0 aromatic heterocycles. The van der Waals surface area contributed by atoms with Gasteiger partial charge in [-0.2, -0.15) is 12.7 Å². The van der Waals surface area contributed by atoms with Gasteiger partial charge in [0, 0.05) is 18.5 Å². The summed E-state index contributed by atoms with van der Waals surface area (Å²) in [5.74, 6) is 0. The predicted octanol–water partition coefficient (Wildman–Crippen LogP) is -1.09. The lowest BCUT2D eigenvalue weighted by Gasteiger charge is -2.37. The molecule has 0 atom stereocenters. The Bertz CT molecular complexity index is 283. The summed E-state index contributed by atoms with van der Waals surface area (Å²) in [6.07, 6.45) is 0.878. The molecule has 5 nitrogen and oxygen atoms in total. The first-order chi connectivity index (χ1) is 5.52. The average Bonchev–Trinajstić information content (AvgIpc) is 2.26. The molecule has 2 aliphatic heterocycles. The predicted molar refractivity (Wildman–Crippen MR) is 42.5 cm³/mol. The zero-order valence-corrected chi connectivity index (χ0v) is 7.51. The Morgan fingerprint density at radius 3 is 2.33 bits per heavy atom. The van der Waals surface area contributed by atoms with E-state index in [9.17, 15) is 8.42 Å². The lowest BCUT2D eigenvalue weighted by molar-refractivity contribution is -0.102. The number of nitrogens with zero attached hydrogens (tertiary/aromatic N) is 1. The molecule has 2 N–H and O–H groups in total. The van der Waals surface area contributed by atoms with E-state index in [0.29, 0.717) is 26.3 Å². The summed E-state index contributed by atoms with van der Waals surface area (Å²) in [4.78, 5) is 0. The number of hydrogen-bond acceptors (Lipinski definition) is 3. The minimum atomic E-state index is -3.47. The third-order valence-electron chi connectivity index (χ3n) is 2.58. The van der Waals surface area contributed by atoms with Gasteiger partial charge in [-0.05, 0) is 6.42 Å². The van der Waals surface area contributed by atoms with Crippen LogP contribution in [0, 0.1) is 5.41 Å². The zero-order valence-electron chi connectivity index (χ0n) is 6.69. The maximum Gasteiger partial charge on any atom is 0.276 e. The Balaban J connectivity index is 2.08. The fourth-order valence-corrected chi connectivity index (χ4v) is 2.54. The molecular weight excluding hydrogens is 180 g/mol. The SMILES string of the molecule is NS(=O)(=O)N1CCC2(COC2)C1. The molecule has 1 spiro atoms. The van der Waals surface area contributed by atoms with Gasteiger partial charge in [-0.15, -0.1) is 0 Å². The van der Waals surface area contributed by atoms with E-state index in [1.807, 2.05) is 0 Å². The Labute approximate surface area is 71.7 Å². The van der Waals surface area contributed by atoms with Crippen molar-refractivity contribution in [2.24, 2.45) is 10.6 Å². The molecule has 0 bridgehead atoms. The van der Waals surface area contributed by atoms with Crippen LogP contribution in [0.4, 0.5) is 0 Å². The fraction of sp³-hybridized carbons (Fsp3) is 1.00. The molecule has 12 heavy (non-hydrogen) atoms. The van der Waals surface area contributed by atoms with Gasteiger partial charge in [0.15, 0.2) is 0 Å². The standard InChI is InChI=1S/C6H12N2O3S/c7-12(9,10)8-2-1-6(3-8)4-11-5-6/h1-5H2,(H2,7,9,10). The minimum Gasteiger partial charge on any atom is -0.380 e. The molecule has 2 aliphatic rings. The summed E-state index contributed by atoms with van der Waals surface area (Å²) in [6.45, 7) is 2.44. The van der Waals surface area contributed by atoms with Crippen molar-refractivity contribution < 1.29 is 13.2 Å². The average molecular weight is 192 g/mol. The summed E-state index contributed by atoms with van der Waals surface area (Å²) in [5, 5.41) is 5.00. The van der Waals surface area contributed by atoms with Gasteiger partial charge in [-0.1, -0.05) is 0 Å². The first kappa shape index (κ1) is 8.43. The molecule has 6 heteroatoms. The third-order valence-corrected chi connectivity index (χ3v) is 3.61. The second-order valence-electron chi connectivity index (χ2n) is 3.62. The first-order valence-electron chi connectivity index (χ1n) is 3.88. The second kappa shape index (κ2) is 2.41. The largest absolute Gasteiger partial charge is 0.380 e. The Morgan fingerprint density at radius 2 is 2.08 bits per heavy atom. The topological polar surface area (TPSA) is 72.6 Å². The van der Waals surface area contributed by atoms with E-state index in [1.165, 1.54) is 4.31 Å². The van der Waals surface area contributed by atoms with Crippen molar-refractivity contribution in [2.75, 3.05) is 26.3 Å². The van der Waals surface area contributed by atoms with Crippen LogP contribution < -0.4 is 5.14 Å². The van der Waals surface area contributed by atoms with Gasteiger partial charge in [0.2, 0.25) is 0 Å². The molecule has 0 aromatic rings. The zero-order chi connectivity index (χ0) is 8.82. The van der Waals surface area contributed by atoms with Crippen LogP contribution in [-0.2, 0) is 14.9 Å². The van der Waals surface area contributed by atoms with E-state index >= 15 is 0 Å². The molecule has 0 amide bonds. The summed E-state index contributed by atoms with van der Waals surface area (Å²) < 4.78 is 28.2. The highest BCUT2D eigenvalue weighted by Crippen LogP contribution is 2.37. The maximum atomic E-state index is 10.9. The Kier molecular flexibility index (Phi) is 1.69. The van der Waals surface area contributed by atoms with Crippen molar-refractivity contribution in [3.63, 3.8) is 0 Å². The monoisotopic (exact) mass is 192 g/mol. The quantitative estimate of drug-likeness (QED) is 0.574. The van der Waals surface area contributed by atoms with Crippen molar-refractivity contribution in [2.45, 2.75) is 6.42 Å². The van der Waals surface area contributed by atoms with E-state index in [2.05, 4.69) is 0 Å². The first-order valence-corrected chi connectivity index (χ1v) is 5.38. The highest BCUT2D eigenvalue weighted by Gasteiger charge is 2.46. The number of ether oxygens (including phenoxy) is 1. The molecular formula is C6H12N2O3S. The van der Waals surface area contributed by atoms with Crippen molar-refractivity contribution in [3.8, 4) is 0 Å². The van der Waals surface area contributed by atoms with Crippen molar-refractivity contribution in [1.29, 1.82) is 0 Å². The molecule has 2 saturated heterocycles. The van der Waals surface area contributed by atoms with E-state index in [-0.39, 0.29) is 5.41 Å². The van der Waals surface area contributed by atoms with Gasteiger partial charge in [0.25, 0.3) is 10.2 Å². The number of rotatable bonds is 1. The van der Waals surface area contributed by atoms with E-state index in [1.54, 1.807) is 0 Å². The summed E-state index contributed by atoms with van der Waals surface area (Å²) in [5.41, 5.74) is 0.0897. The highest BCUT2D eigenvalue weighted by atomic mass is 32.2. The Morgan fingerprint density at radius 1 is 1.42 bits per heavy atom. The van der Waals surface area contributed by atoms with Crippen molar-refractivity contribution >= 4 is 10.2 Å². The summed E-state index contributed by atoms with van der Waals surface area (Å²) in [7, 11) is -3.47. The molecule has 0 radical (unpaired) electrons. The molecule has 0 aromatic carbocycles. The molecule has 0 aliphatic carbocycles. The van der Waals surface area contributed by atoms with Crippen LogP contribution in [-0.4, -0.2) is 39.0 Å². The minimum absolute atomic E-state index is 0.0897. The van der Waals surface area contributed by atoms with E-state index in [0.717, 1.165) is 6.42 Å². The van der Waals surface area contributed by atoms with Gasteiger partial charge in [0.1, 0.15) is 0 Å². The number of nitrogens with two attached hydrogens (primary N) is 1. The van der Waals surface area contributed by atoms with Gasteiger partial charge in [-0.3, -0.25) is 0 Å². The van der Waals surface area contributed by atoms with E-state index in [4.69, 9.17) is 9.88 Å². The lowest BCUT2D eigenvalue weighted by atomic mass is 9.86. The van der Waals surface area contributed by atoms with Gasteiger partial charge >= 0.3 is 0 Å². The smallest absolute Gasteiger partial charge is 0.276 e. The highest BCUT2D eigenvalue weighted by molar-refractivity contribution is 7.86. The maximum absolute atomic E-state index is 10.9. The third kappa shape index (κ3) is 1.24. The van der Waals surface area contributed by atoms with Crippen molar-refractivity contribution in [3.05, 3.63) is 0 Å².